The molecule has 0 fully saturated rings. The van der Waals surface area contributed by atoms with Gasteiger partial charge in [0.05, 0.1) is 11.2 Å². The van der Waals surface area contributed by atoms with E-state index in [1.165, 1.54) is 0 Å². The molecule has 0 unspecified atom stereocenters. The Morgan fingerprint density at radius 3 is 1.80 bits per heavy atom. The van der Waals surface area contributed by atoms with Crippen LogP contribution < -0.4 is 5.73 Å². The van der Waals surface area contributed by atoms with Gasteiger partial charge in [-0.3, -0.25) is 4.98 Å². The Bertz CT molecular complexity index is 495. The van der Waals surface area contributed by atoms with Gasteiger partial charge in [-0.15, -0.1) is 4.98 Å². The summed E-state index contributed by atoms with van der Waals surface area (Å²) < 4.78 is 0. The molecule has 0 aliphatic rings. The normalized spacial score (nSPS) is 8.90. The van der Waals surface area contributed by atoms with Gasteiger partial charge in [0.15, 0.2) is 0 Å². The molecule has 0 aromatic carbocycles. The van der Waals surface area contributed by atoms with Crippen LogP contribution in [0.3, 0.4) is 0 Å². The lowest BCUT2D eigenvalue weighted by molar-refractivity contribution is 0.535. The molecule has 2 aromatic heterocycles. The van der Waals surface area contributed by atoms with E-state index < -0.39 is 0 Å². The molecular formula is C16H24N4. The van der Waals surface area contributed by atoms with Gasteiger partial charge in [0.2, 0.25) is 0 Å². The first-order valence-electron chi connectivity index (χ1n) is 5.53. The summed E-state index contributed by atoms with van der Waals surface area (Å²) in [7, 11) is 0. The van der Waals surface area contributed by atoms with Crippen molar-refractivity contribution in [1.82, 2.24) is 9.97 Å². The predicted octanol–water partition coefficient (Wildman–Crippen LogP) is 4.18. The van der Waals surface area contributed by atoms with Crippen LogP contribution in [-0.4, -0.2) is 9.97 Å². The van der Waals surface area contributed by atoms with Gasteiger partial charge in [0, 0.05) is 6.20 Å². The number of nitrogens with two attached hydrogens (primary N) is 1. The highest BCUT2D eigenvalue weighted by Crippen LogP contribution is 2.11. The SMILES string of the molecule is C.C.CC(C)(N)c1ccccn1.[C-]#[N+]c1ccccn1. The molecule has 0 bridgehead atoms. The molecule has 20 heavy (non-hydrogen) atoms. The van der Waals surface area contributed by atoms with Crippen LogP contribution in [-0.2, 0) is 5.54 Å². The van der Waals surface area contributed by atoms with E-state index in [9.17, 15) is 0 Å². The lowest BCUT2D eigenvalue weighted by atomic mass is 10.0. The van der Waals surface area contributed by atoms with Crippen LogP contribution >= 0.6 is 0 Å². The van der Waals surface area contributed by atoms with Crippen molar-refractivity contribution in [1.29, 1.82) is 0 Å². The molecule has 0 aliphatic carbocycles. The number of rotatable bonds is 1. The Balaban J connectivity index is 0. The minimum atomic E-state index is -0.318. The fourth-order valence-corrected chi connectivity index (χ4v) is 1.16. The Labute approximate surface area is 122 Å². The molecule has 0 amide bonds. The van der Waals surface area contributed by atoms with E-state index in [1.807, 2.05) is 32.0 Å². The summed E-state index contributed by atoms with van der Waals surface area (Å²) in [6.45, 7) is 10.4. The van der Waals surface area contributed by atoms with Gasteiger partial charge in [-0.2, -0.15) is 0 Å². The van der Waals surface area contributed by atoms with Crippen LogP contribution in [0.4, 0.5) is 5.82 Å². The smallest absolute Gasteiger partial charge is 0.269 e. The Morgan fingerprint density at radius 1 is 1.00 bits per heavy atom. The van der Waals surface area contributed by atoms with Crippen molar-refractivity contribution >= 4 is 5.82 Å². The third-order valence-electron chi connectivity index (χ3n) is 2.09. The van der Waals surface area contributed by atoms with Gasteiger partial charge in [-0.25, -0.2) is 0 Å². The molecule has 2 aromatic rings. The number of pyridine rings is 2. The molecule has 2 heterocycles. The van der Waals surface area contributed by atoms with Crippen LogP contribution in [0.2, 0.25) is 0 Å². The second-order valence-corrected chi connectivity index (χ2v) is 4.24. The van der Waals surface area contributed by atoms with Crippen molar-refractivity contribution in [3.8, 4) is 0 Å². The number of hydrogen-bond donors (Lipinski definition) is 1. The fourth-order valence-electron chi connectivity index (χ4n) is 1.16. The first-order valence-corrected chi connectivity index (χ1v) is 5.53. The summed E-state index contributed by atoms with van der Waals surface area (Å²) in [6, 6.07) is 11.0. The molecule has 2 rings (SSSR count). The molecule has 4 heteroatoms. The Morgan fingerprint density at radius 2 is 1.55 bits per heavy atom. The van der Waals surface area contributed by atoms with Crippen molar-refractivity contribution in [3.63, 3.8) is 0 Å². The summed E-state index contributed by atoms with van der Waals surface area (Å²) in [5.41, 5.74) is 6.40. The van der Waals surface area contributed by atoms with Crippen molar-refractivity contribution in [2.75, 3.05) is 0 Å². The summed E-state index contributed by atoms with van der Waals surface area (Å²) in [4.78, 5) is 11.0. The third-order valence-corrected chi connectivity index (χ3v) is 2.09. The average molecular weight is 272 g/mol. The van der Waals surface area contributed by atoms with E-state index in [0.29, 0.717) is 5.82 Å². The van der Waals surface area contributed by atoms with Gasteiger partial charge >= 0.3 is 0 Å². The highest BCUT2D eigenvalue weighted by atomic mass is 14.8. The van der Waals surface area contributed by atoms with Crippen LogP contribution in [0.25, 0.3) is 4.85 Å². The number of hydrogen-bond acceptors (Lipinski definition) is 3. The summed E-state index contributed by atoms with van der Waals surface area (Å²) >= 11 is 0. The molecule has 108 valence electrons. The quantitative estimate of drug-likeness (QED) is 0.792. The summed E-state index contributed by atoms with van der Waals surface area (Å²) in [6.07, 6.45) is 3.36. The van der Waals surface area contributed by atoms with Crippen molar-refractivity contribution < 1.29 is 0 Å². The van der Waals surface area contributed by atoms with Gasteiger partial charge in [0.25, 0.3) is 5.82 Å². The van der Waals surface area contributed by atoms with Gasteiger partial charge in [0.1, 0.15) is 6.20 Å². The highest BCUT2D eigenvalue weighted by Gasteiger charge is 2.13. The van der Waals surface area contributed by atoms with Gasteiger partial charge in [-0.1, -0.05) is 33.6 Å². The topological polar surface area (TPSA) is 56.2 Å². The monoisotopic (exact) mass is 272 g/mol. The van der Waals surface area contributed by atoms with E-state index in [1.54, 1.807) is 30.6 Å². The van der Waals surface area contributed by atoms with Crippen molar-refractivity contribution in [2.24, 2.45) is 5.73 Å². The van der Waals surface area contributed by atoms with Gasteiger partial charge < -0.3 is 10.6 Å². The van der Waals surface area contributed by atoms with Gasteiger partial charge in [-0.05, 0) is 38.1 Å². The molecule has 0 aliphatic heterocycles. The minimum absolute atomic E-state index is 0. The highest BCUT2D eigenvalue weighted by molar-refractivity contribution is 5.33. The molecule has 0 spiro atoms. The maximum absolute atomic E-state index is 6.51. The van der Waals surface area contributed by atoms with E-state index in [0.717, 1.165) is 5.69 Å². The molecule has 2 N–H and O–H groups in total. The average Bonchev–Trinajstić information content (AvgIpc) is 2.40. The Hall–Kier alpha value is -2.25. The van der Waals surface area contributed by atoms with Crippen molar-refractivity contribution in [3.05, 3.63) is 65.9 Å². The number of nitrogens with zero attached hydrogens (tertiary/aromatic N) is 3. The zero-order valence-electron chi connectivity index (χ0n) is 10.5. The van der Waals surface area contributed by atoms with E-state index >= 15 is 0 Å². The van der Waals surface area contributed by atoms with Crippen molar-refractivity contribution in [2.45, 2.75) is 34.2 Å². The molecule has 0 saturated heterocycles. The van der Waals surface area contributed by atoms with E-state index in [4.69, 9.17) is 12.3 Å². The van der Waals surface area contributed by atoms with Crippen LogP contribution in [0.15, 0.2) is 48.8 Å². The standard InChI is InChI=1S/C8H12N2.C6H4N2.2CH4/c1-8(2,9)7-5-3-4-6-10-7;1-7-6-4-2-3-5-8-6;;/h3-6H,9H2,1-2H3;2-5H;2*1H4. The molecule has 0 saturated carbocycles. The summed E-state index contributed by atoms with van der Waals surface area (Å²) in [5, 5.41) is 0. The molecular weight excluding hydrogens is 248 g/mol. The van der Waals surface area contributed by atoms with Crippen LogP contribution in [0, 0.1) is 6.57 Å². The van der Waals surface area contributed by atoms with E-state index in [2.05, 4.69) is 14.8 Å². The van der Waals surface area contributed by atoms with E-state index in [-0.39, 0.29) is 20.4 Å². The zero-order valence-corrected chi connectivity index (χ0v) is 10.5. The minimum Gasteiger partial charge on any atom is -0.361 e. The van der Waals surface area contributed by atoms with Crippen LogP contribution in [0.5, 0.6) is 0 Å². The molecule has 0 radical (unpaired) electrons. The first kappa shape index (κ1) is 20.1. The fraction of sp³-hybridized carbons (Fsp3) is 0.312. The number of aromatic nitrogens is 2. The predicted molar refractivity (Wildman–Crippen MR) is 85.4 cm³/mol. The molecule has 0 atom stereocenters. The lowest BCUT2D eigenvalue weighted by Gasteiger charge is -2.16. The summed E-state index contributed by atoms with van der Waals surface area (Å²) in [5.74, 6) is 0.451. The van der Waals surface area contributed by atoms with Crippen LogP contribution in [0.1, 0.15) is 34.4 Å². The molecule has 4 nitrogen and oxygen atoms in total. The third kappa shape index (κ3) is 7.24. The first-order chi connectivity index (χ1) is 8.54. The second kappa shape index (κ2) is 9.65. The second-order valence-electron chi connectivity index (χ2n) is 4.24. The largest absolute Gasteiger partial charge is 0.361 e. The Kier molecular flexibility index (Phi) is 9.69. The maximum atomic E-state index is 6.51. The zero-order chi connectivity index (χ0) is 13.4. The maximum Gasteiger partial charge on any atom is 0.269 e. The lowest BCUT2D eigenvalue weighted by Crippen LogP contribution is -2.29.